The third kappa shape index (κ3) is 6.91. The van der Waals surface area contributed by atoms with Crippen LogP contribution in [0.25, 0.3) is 0 Å². The van der Waals surface area contributed by atoms with Gasteiger partial charge >= 0.3 is 0 Å². The molecule has 0 aliphatic heterocycles. The lowest BCUT2D eigenvalue weighted by Crippen LogP contribution is -2.20. The fraction of sp³-hybridized carbons (Fsp3) is 0.136. The van der Waals surface area contributed by atoms with Crippen LogP contribution in [0.1, 0.15) is 12.5 Å². The number of aromatic nitrogens is 1. The lowest BCUT2D eigenvalue weighted by molar-refractivity contribution is -0.385. The average molecular weight is 470 g/mol. The number of nitrogens with zero attached hydrogens (tertiary/aromatic N) is 3. The molecule has 0 aliphatic carbocycles. The lowest BCUT2D eigenvalue weighted by Gasteiger charge is -2.14. The summed E-state index contributed by atoms with van der Waals surface area (Å²) in [5.74, 6) is 0.582. The molecule has 170 valence electrons. The summed E-state index contributed by atoms with van der Waals surface area (Å²) in [6.45, 7) is 1.91. The van der Waals surface area contributed by atoms with Crippen molar-refractivity contribution in [2.75, 3.05) is 24.0 Å². The molecule has 0 saturated heterocycles. The molecule has 1 aromatic heterocycles. The van der Waals surface area contributed by atoms with Gasteiger partial charge in [-0.15, -0.1) is 0 Å². The maximum atomic E-state index is 12.2. The molecule has 0 bridgehead atoms. The second-order valence-corrected chi connectivity index (χ2v) is 6.90. The van der Waals surface area contributed by atoms with Crippen molar-refractivity contribution in [2.24, 2.45) is 5.10 Å². The molecule has 11 heteroatoms. The number of rotatable bonds is 10. The van der Waals surface area contributed by atoms with Gasteiger partial charge in [-0.1, -0.05) is 29.8 Å². The van der Waals surface area contributed by atoms with Gasteiger partial charge in [0.25, 0.3) is 11.6 Å². The molecule has 0 aliphatic rings. The van der Waals surface area contributed by atoms with E-state index in [1.807, 2.05) is 25.1 Å². The fourth-order valence-corrected chi connectivity index (χ4v) is 2.93. The minimum Gasteiger partial charge on any atom is -0.490 e. The van der Waals surface area contributed by atoms with E-state index in [0.717, 1.165) is 6.20 Å². The molecule has 33 heavy (non-hydrogen) atoms. The van der Waals surface area contributed by atoms with Crippen molar-refractivity contribution in [1.82, 2.24) is 4.98 Å². The minimum atomic E-state index is -0.535. The summed E-state index contributed by atoms with van der Waals surface area (Å²) in [6.07, 6.45) is 2.60. The molecule has 10 nitrogen and oxygen atoms in total. The number of benzene rings is 2. The van der Waals surface area contributed by atoms with Crippen molar-refractivity contribution in [2.45, 2.75) is 6.92 Å². The number of nitrogens with one attached hydrogen (secondary N) is 2. The van der Waals surface area contributed by atoms with E-state index in [1.165, 1.54) is 18.3 Å². The quantitative estimate of drug-likeness (QED) is 0.254. The maximum absolute atomic E-state index is 12.2. The summed E-state index contributed by atoms with van der Waals surface area (Å²) >= 11 is 6.36. The summed E-state index contributed by atoms with van der Waals surface area (Å²) in [5.41, 5.74) is 3.81. The third-order valence-electron chi connectivity index (χ3n) is 4.09. The summed E-state index contributed by atoms with van der Waals surface area (Å²) in [5, 5.41) is 17.7. The van der Waals surface area contributed by atoms with Crippen LogP contribution in [-0.4, -0.2) is 35.2 Å². The van der Waals surface area contributed by atoms with E-state index < -0.39 is 4.92 Å². The first kappa shape index (κ1) is 23.5. The van der Waals surface area contributed by atoms with Crippen molar-refractivity contribution in [3.05, 3.63) is 81.5 Å². The SMILES string of the molecule is CCOc1cc(/C=N/Nc2ccc([N+](=O)[O-])cn2)cc(Cl)c1OCC(=O)Nc1ccccc1. The molecule has 0 fully saturated rings. The van der Waals surface area contributed by atoms with Gasteiger partial charge in [-0.3, -0.25) is 20.3 Å². The highest BCUT2D eigenvalue weighted by Crippen LogP contribution is 2.36. The Hall–Kier alpha value is -4.18. The topological polar surface area (TPSA) is 128 Å². The number of amides is 1. The smallest absolute Gasteiger partial charge is 0.287 e. The van der Waals surface area contributed by atoms with Crippen molar-refractivity contribution >= 4 is 40.9 Å². The molecule has 0 radical (unpaired) electrons. The Balaban J connectivity index is 1.66. The highest BCUT2D eigenvalue weighted by Gasteiger charge is 2.14. The van der Waals surface area contributed by atoms with Gasteiger partial charge in [0.15, 0.2) is 18.1 Å². The maximum Gasteiger partial charge on any atom is 0.287 e. The number of anilines is 2. The molecule has 2 aromatic carbocycles. The van der Waals surface area contributed by atoms with Gasteiger partial charge < -0.3 is 14.8 Å². The van der Waals surface area contributed by atoms with Crippen LogP contribution in [0.3, 0.4) is 0 Å². The Morgan fingerprint density at radius 2 is 2.00 bits per heavy atom. The number of carbonyl (C=O) groups excluding carboxylic acids is 1. The number of hydrogen-bond donors (Lipinski definition) is 2. The first-order chi connectivity index (χ1) is 16.0. The number of hydrazone groups is 1. The third-order valence-corrected chi connectivity index (χ3v) is 4.37. The normalized spacial score (nSPS) is 10.6. The van der Waals surface area contributed by atoms with E-state index in [2.05, 4.69) is 20.8 Å². The number of pyridine rings is 1. The van der Waals surface area contributed by atoms with Crippen LogP contribution >= 0.6 is 11.6 Å². The predicted octanol–water partition coefficient (Wildman–Crippen LogP) is 4.51. The molecule has 3 rings (SSSR count). The molecular formula is C22H20ClN5O5. The largest absolute Gasteiger partial charge is 0.490 e. The van der Waals surface area contributed by atoms with Gasteiger partial charge in [-0.25, -0.2) is 4.98 Å². The Bertz CT molecular complexity index is 1140. The zero-order valence-corrected chi connectivity index (χ0v) is 18.3. The summed E-state index contributed by atoms with van der Waals surface area (Å²) in [4.78, 5) is 26.2. The number of carbonyl (C=O) groups is 1. The monoisotopic (exact) mass is 469 g/mol. The summed E-state index contributed by atoms with van der Waals surface area (Å²) in [6, 6.07) is 15.0. The van der Waals surface area contributed by atoms with Gasteiger partial charge in [0.1, 0.15) is 12.0 Å². The highest BCUT2D eigenvalue weighted by molar-refractivity contribution is 6.32. The van der Waals surface area contributed by atoms with Gasteiger partial charge in [0.2, 0.25) is 0 Å². The van der Waals surface area contributed by atoms with Crippen LogP contribution in [0.2, 0.25) is 5.02 Å². The van der Waals surface area contributed by atoms with E-state index in [4.69, 9.17) is 21.1 Å². The first-order valence-corrected chi connectivity index (χ1v) is 10.2. The Labute approximate surface area is 194 Å². The van der Waals surface area contributed by atoms with Crippen LogP contribution in [0, 0.1) is 10.1 Å². The summed E-state index contributed by atoms with van der Waals surface area (Å²) in [7, 11) is 0. The highest BCUT2D eigenvalue weighted by atomic mass is 35.5. The van der Waals surface area contributed by atoms with Gasteiger partial charge in [-0.2, -0.15) is 5.10 Å². The Morgan fingerprint density at radius 1 is 1.21 bits per heavy atom. The predicted molar refractivity (Wildman–Crippen MR) is 125 cm³/mol. The second-order valence-electron chi connectivity index (χ2n) is 6.49. The van der Waals surface area contributed by atoms with Gasteiger partial charge in [0.05, 0.1) is 22.8 Å². The van der Waals surface area contributed by atoms with E-state index in [0.29, 0.717) is 29.4 Å². The molecule has 1 amide bonds. The zero-order chi connectivity index (χ0) is 23.6. The van der Waals surface area contributed by atoms with Crippen LogP contribution in [-0.2, 0) is 4.79 Å². The minimum absolute atomic E-state index is 0.120. The second kappa shape index (κ2) is 11.4. The molecule has 3 aromatic rings. The Morgan fingerprint density at radius 3 is 2.67 bits per heavy atom. The first-order valence-electron chi connectivity index (χ1n) is 9.80. The molecule has 2 N–H and O–H groups in total. The van der Waals surface area contributed by atoms with E-state index in [-0.39, 0.29) is 29.0 Å². The van der Waals surface area contributed by atoms with Crippen molar-refractivity contribution in [3.63, 3.8) is 0 Å². The van der Waals surface area contributed by atoms with Crippen LogP contribution < -0.4 is 20.2 Å². The van der Waals surface area contributed by atoms with Crippen LogP contribution in [0.4, 0.5) is 17.2 Å². The number of hydrogen-bond acceptors (Lipinski definition) is 8. The molecule has 0 atom stereocenters. The number of ether oxygens (including phenoxy) is 2. The molecule has 0 spiro atoms. The number of para-hydroxylation sites is 1. The van der Waals surface area contributed by atoms with Crippen molar-refractivity contribution < 1.29 is 19.2 Å². The van der Waals surface area contributed by atoms with E-state index >= 15 is 0 Å². The standard InChI is InChI=1S/C22H20ClN5O5/c1-2-32-19-11-15(12-25-27-20-9-8-17(13-24-20)28(30)31)10-18(23)22(19)33-14-21(29)26-16-6-4-3-5-7-16/h3-13H,2,14H2,1H3,(H,24,27)(H,26,29)/b25-12+. The number of nitro groups is 1. The molecule has 1 heterocycles. The molecular weight excluding hydrogens is 450 g/mol. The molecule has 0 saturated carbocycles. The van der Waals surface area contributed by atoms with Gasteiger partial charge in [0, 0.05) is 11.8 Å². The fourth-order valence-electron chi connectivity index (χ4n) is 2.65. The molecule has 0 unspecified atom stereocenters. The zero-order valence-electron chi connectivity index (χ0n) is 17.5. The van der Waals surface area contributed by atoms with Crippen LogP contribution in [0.5, 0.6) is 11.5 Å². The van der Waals surface area contributed by atoms with E-state index in [1.54, 1.807) is 24.3 Å². The summed E-state index contributed by atoms with van der Waals surface area (Å²) < 4.78 is 11.2. The van der Waals surface area contributed by atoms with E-state index in [9.17, 15) is 14.9 Å². The van der Waals surface area contributed by atoms with Crippen molar-refractivity contribution in [1.29, 1.82) is 0 Å². The van der Waals surface area contributed by atoms with Crippen LogP contribution in [0.15, 0.2) is 65.9 Å². The lowest BCUT2D eigenvalue weighted by atomic mass is 10.2. The van der Waals surface area contributed by atoms with Gasteiger partial charge in [-0.05, 0) is 42.8 Å². The Kier molecular flexibility index (Phi) is 8.14. The van der Waals surface area contributed by atoms with Crippen molar-refractivity contribution in [3.8, 4) is 11.5 Å². The average Bonchev–Trinajstić information content (AvgIpc) is 2.80. The number of halogens is 1.